The Morgan fingerprint density at radius 2 is 2.15 bits per heavy atom. The molecule has 2 N–H and O–H groups in total. The van der Waals surface area contributed by atoms with Crippen molar-refractivity contribution in [3.63, 3.8) is 0 Å². The van der Waals surface area contributed by atoms with Crippen LogP contribution in [0.15, 0.2) is 4.52 Å². The van der Waals surface area contributed by atoms with Crippen LogP contribution in [0.4, 0.5) is 0 Å². The van der Waals surface area contributed by atoms with Gasteiger partial charge in [-0.2, -0.15) is 4.98 Å². The van der Waals surface area contributed by atoms with Crippen molar-refractivity contribution < 1.29 is 4.52 Å². The second kappa shape index (κ2) is 2.80. The van der Waals surface area contributed by atoms with E-state index in [0.717, 1.165) is 5.82 Å². The summed E-state index contributed by atoms with van der Waals surface area (Å²) in [6, 6.07) is 0. The van der Waals surface area contributed by atoms with E-state index in [0.29, 0.717) is 11.8 Å². The molecule has 1 fully saturated rings. The maximum Gasteiger partial charge on any atom is 0.246 e. The molecule has 13 heavy (non-hydrogen) atoms. The van der Waals surface area contributed by atoms with Crippen molar-refractivity contribution >= 4 is 0 Å². The van der Waals surface area contributed by atoms with Crippen LogP contribution in [-0.4, -0.2) is 10.1 Å². The monoisotopic (exact) mass is 181 g/mol. The highest BCUT2D eigenvalue weighted by Crippen LogP contribution is 2.34. The third kappa shape index (κ3) is 1.58. The number of aromatic nitrogens is 2. The molecule has 0 saturated heterocycles. The number of nitrogens with two attached hydrogens (primary N) is 1. The lowest BCUT2D eigenvalue weighted by molar-refractivity contribution is 0.303. The van der Waals surface area contributed by atoms with E-state index in [1.807, 2.05) is 13.8 Å². The molecule has 0 atom stereocenters. The van der Waals surface area contributed by atoms with Gasteiger partial charge in [-0.05, 0) is 26.7 Å². The van der Waals surface area contributed by atoms with Crippen molar-refractivity contribution in [3.05, 3.63) is 11.7 Å². The zero-order valence-electron chi connectivity index (χ0n) is 8.08. The predicted molar refractivity (Wildman–Crippen MR) is 48.1 cm³/mol. The fourth-order valence-corrected chi connectivity index (χ4v) is 1.33. The van der Waals surface area contributed by atoms with Gasteiger partial charge < -0.3 is 10.3 Å². The third-order valence-corrected chi connectivity index (χ3v) is 2.46. The Kier molecular flexibility index (Phi) is 1.87. The maximum atomic E-state index is 5.83. The lowest BCUT2D eigenvalue weighted by Gasteiger charge is -2.21. The SMILES string of the molecule is CC(C)(N)c1nc(C2CCC2)no1. The molecule has 2 rings (SSSR count). The minimum absolute atomic E-state index is 0.514. The van der Waals surface area contributed by atoms with Crippen LogP contribution in [0.5, 0.6) is 0 Å². The Hall–Kier alpha value is -0.900. The number of hydrogen-bond donors (Lipinski definition) is 1. The van der Waals surface area contributed by atoms with Crippen molar-refractivity contribution in [1.29, 1.82) is 0 Å². The molecule has 0 spiro atoms. The molecular weight excluding hydrogens is 166 g/mol. The number of nitrogens with zero attached hydrogens (tertiary/aromatic N) is 2. The summed E-state index contributed by atoms with van der Waals surface area (Å²) in [6.07, 6.45) is 3.65. The Bertz CT molecular complexity index is 296. The van der Waals surface area contributed by atoms with E-state index in [4.69, 9.17) is 10.3 Å². The van der Waals surface area contributed by atoms with Crippen LogP contribution in [0.1, 0.15) is 50.7 Å². The fourth-order valence-electron chi connectivity index (χ4n) is 1.33. The normalized spacial score (nSPS) is 18.7. The summed E-state index contributed by atoms with van der Waals surface area (Å²) in [5, 5.41) is 3.94. The van der Waals surface area contributed by atoms with Crippen LogP contribution in [0, 0.1) is 0 Å². The van der Waals surface area contributed by atoms with E-state index in [9.17, 15) is 0 Å². The summed E-state index contributed by atoms with van der Waals surface area (Å²) in [7, 11) is 0. The molecule has 4 nitrogen and oxygen atoms in total. The molecule has 0 bridgehead atoms. The highest BCUT2D eigenvalue weighted by molar-refractivity contribution is 5.03. The zero-order valence-corrected chi connectivity index (χ0v) is 8.08. The van der Waals surface area contributed by atoms with E-state index in [1.54, 1.807) is 0 Å². The van der Waals surface area contributed by atoms with Crippen molar-refractivity contribution in [1.82, 2.24) is 10.1 Å². The van der Waals surface area contributed by atoms with E-state index in [2.05, 4.69) is 10.1 Å². The van der Waals surface area contributed by atoms with Gasteiger partial charge in [0, 0.05) is 5.92 Å². The summed E-state index contributed by atoms with van der Waals surface area (Å²) in [5.74, 6) is 1.88. The maximum absolute atomic E-state index is 5.83. The topological polar surface area (TPSA) is 64.9 Å². The van der Waals surface area contributed by atoms with Gasteiger partial charge >= 0.3 is 0 Å². The van der Waals surface area contributed by atoms with Crippen LogP contribution in [0.2, 0.25) is 0 Å². The molecule has 0 aromatic carbocycles. The zero-order chi connectivity index (χ0) is 9.47. The van der Waals surface area contributed by atoms with E-state index in [1.165, 1.54) is 19.3 Å². The first kappa shape index (κ1) is 8.69. The Labute approximate surface area is 77.5 Å². The summed E-state index contributed by atoms with van der Waals surface area (Å²) < 4.78 is 5.10. The van der Waals surface area contributed by atoms with E-state index in [-0.39, 0.29) is 0 Å². The van der Waals surface area contributed by atoms with Gasteiger partial charge in [-0.3, -0.25) is 0 Å². The standard InChI is InChI=1S/C9H15N3O/c1-9(2,10)8-11-7(12-13-8)6-4-3-5-6/h6H,3-5,10H2,1-2H3. The first-order chi connectivity index (χ1) is 6.07. The average molecular weight is 181 g/mol. The Morgan fingerprint density at radius 1 is 1.46 bits per heavy atom. The van der Waals surface area contributed by atoms with E-state index < -0.39 is 5.54 Å². The molecule has 1 heterocycles. The second-order valence-corrected chi connectivity index (χ2v) is 4.31. The van der Waals surface area contributed by atoms with Gasteiger partial charge in [0.05, 0.1) is 5.54 Å². The minimum atomic E-state index is -0.519. The molecule has 1 aromatic heterocycles. The molecule has 1 aliphatic rings. The first-order valence-corrected chi connectivity index (χ1v) is 4.70. The van der Waals surface area contributed by atoms with Gasteiger partial charge in [0.25, 0.3) is 0 Å². The lowest BCUT2D eigenvalue weighted by atomic mass is 9.85. The van der Waals surface area contributed by atoms with Crippen molar-refractivity contribution in [3.8, 4) is 0 Å². The highest BCUT2D eigenvalue weighted by atomic mass is 16.5. The molecule has 0 unspecified atom stereocenters. The first-order valence-electron chi connectivity index (χ1n) is 4.70. The third-order valence-electron chi connectivity index (χ3n) is 2.46. The van der Waals surface area contributed by atoms with Gasteiger partial charge in [-0.15, -0.1) is 0 Å². The lowest BCUT2D eigenvalue weighted by Crippen LogP contribution is -2.29. The van der Waals surface area contributed by atoms with Crippen molar-refractivity contribution in [2.24, 2.45) is 5.73 Å². The molecule has 0 aliphatic heterocycles. The Morgan fingerprint density at radius 3 is 2.54 bits per heavy atom. The predicted octanol–water partition coefficient (Wildman–Crippen LogP) is 1.53. The fraction of sp³-hybridized carbons (Fsp3) is 0.778. The second-order valence-electron chi connectivity index (χ2n) is 4.31. The minimum Gasteiger partial charge on any atom is -0.337 e. The summed E-state index contributed by atoms with van der Waals surface area (Å²) in [4.78, 5) is 4.30. The molecule has 1 aliphatic carbocycles. The summed E-state index contributed by atoms with van der Waals surface area (Å²) in [5.41, 5.74) is 5.31. The molecule has 0 amide bonds. The van der Waals surface area contributed by atoms with Gasteiger partial charge in [0.2, 0.25) is 5.89 Å². The highest BCUT2D eigenvalue weighted by Gasteiger charge is 2.28. The van der Waals surface area contributed by atoms with Crippen LogP contribution >= 0.6 is 0 Å². The van der Waals surface area contributed by atoms with Crippen LogP contribution in [-0.2, 0) is 5.54 Å². The van der Waals surface area contributed by atoms with Gasteiger partial charge in [0.15, 0.2) is 5.82 Å². The van der Waals surface area contributed by atoms with Crippen molar-refractivity contribution in [2.45, 2.75) is 44.6 Å². The summed E-state index contributed by atoms with van der Waals surface area (Å²) >= 11 is 0. The number of rotatable bonds is 2. The smallest absolute Gasteiger partial charge is 0.246 e. The van der Waals surface area contributed by atoms with Gasteiger partial charge in [-0.25, -0.2) is 0 Å². The molecule has 72 valence electrons. The van der Waals surface area contributed by atoms with Crippen LogP contribution in [0.25, 0.3) is 0 Å². The quantitative estimate of drug-likeness (QED) is 0.751. The Balaban J connectivity index is 2.17. The molecular formula is C9H15N3O. The van der Waals surface area contributed by atoms with Crippen LogP contribution in [0.3, 0.4) is 0 Å². The summed E-state index contributed by atoms with van der Waals surface area (Å²) in [6.45, 7) is 3.73. The largest absolute Gasteiger partial charge is 0.337 e. The average Bonchev–Trinajstić information content (AvgIpc) is 2.29. The molecule has 0 radical (unpaired) electrons. The van der Waals surface area contributed by atoms with Gasteiger partial charge in [-0.1, -0.05) is 11.6 Å². The molecule has 1 aromatic rings. The molecule has 1 saturated carbocycles. The van der Waals surface area contributed by atoms with Crippen LogP contribution < -0.4 is 5.73 Å². The number of hydrogen-bond acceptors (Lipinski definition) is 4. The van der Waals surface area contributed by atoms with Crippen molar-refractivity contribution in [2.75, 3.05) is 0 Å². The molecule has 4 heteroatoms. The van der Waals surface area contributed by atoms with E-state index >= 15 is 0 Å². The van der Waals surface area contributed by atoms with Gasteiger partial charge in [0.1, 0.15) is 0 Å².